The normalized spacial score (nSPS) is 27.5. The van der Waals surface area contributed by atoms with E-state index in [0.29, 0.717) is 24.2 Å². The number of carbonyl (C=O) groups excluding carboxylic acids is 2. The Bertz CT molecular complexity index is 659. The van der Waals surface area contributed by atoms with Crippen LogP contribution in [0.4, 0.5) is 5.69 Å². The first-order valence-corrected chi connectivity index (χ1v) is 8.77. The number of para-hydroxylation sites is 1. The van der Waals surface area contributed by atoms with Crippen molar-refractivity contribution in [3.8, 4) is 0 Å². The van der Waals surface area contributed by atoms with Gasteiger partial charge in [0.15, 0.2) is 0 Å². The SMILES string of the molecule is C[C@]1(C(=O)Nc2ccccc2C(=O)NC[C@H]2CCCO2)CC1(Cl)Cl. The summed E-state index contributed by atoms with van der Waals surface area (Å²) in [7, 11) is 0. The third-order valence-electron chi connectivity index (χ3n) is 4.69. The van der Waals surface area contributed by atoms with Gasteiger partial charge in [0.1, 0.15) is 4.33 Å². The first kappa shape index (κ1) is 17.5. The van der Waals surface area contributed by atoms with Gasteiger partial charge in [-0.05, 0) is 38.3 Å². The maximum absolute atomic E-state index is 12.4. The highest BCUT2D eigenvalue weighted by molar-refractivity contribution is 6.53. The number of amides is 2. The van der Waals surface area contributed by atoms with Crippen molar-refractivity contribution in [3.05, 3.63) is 29.8 Å². The van der Waals surface area contributed by atoms with E-state index in [0.717, 1.165) is 19.4 Å². The van der Waals surface area contributed by atoms with E-state index in [2.05, 4.69) is 10.6 Å². The van der Waals surface area contributed by atoms with Crippen molar-refractivity contribution < 1.29 is 14.3 Å². The molecule has 0 unspecified atom stereocenters. The van der Waals surface area contributed by atoms with Gasteiger partial charge in [-0.25, -0.2) is 0 Å². The lowest BCUT2D eigenvalue weighted by Crippen LogP contribution is -2.33. The molecule has 1 heterocycles. The molecule has 5 nitrogen and oxygen atoms in total. The first-order chi connectivity index (χ1) is 11.3. The third-order valence-corrected chi connectivity index (χ3v) is 5.79. The van der Waals surface area contributed by atoms with Crippen LogP contribution in [-0.2, 0) is 9.53 Å². The predicted octanol–water partition coefficient (Wildman–Crippen LogP) is 3.12. The number of hydrogen-bond acceptors (Lipinski definition) is 3. The van der Waals surface area contributed by atoms with Gasteiger partial charge in [0.2, 0.25) is 5.91 Å². The summed E-state index contributed by atoms with van der Waals surface area (Å²) in [5.74, 6) is -0.530. The van der Waals surface area contributed by atoms with E-state index in [1.807, 2.05) is 0 Å². The smallest absolute Gasteiger partial charge is 0.253 e. The van der Waals surface area contributed by atoms with Crippen molar-refractivity contribution >= 4 is 40.7 Å². The Morgan fingerprint density at radius 3 is 2.67 bits per heavy atom. The maximum Gasteiger partial charge on any atom is 0.253 e. The molecule has 0 bridgehead atoms. The highest BCUT2D eigenvalue weighted by Crippen LogP contribution is 2.64. The summed E-state index contributed by atoms with van der Waals surface area (Å²) in [5, 5.41) is 5.64. The van der Waals surface area contributed by atoms with Gasteiger partial charge in [-0.2, -0.15) is 0 Å². The maximum atomic E-state index is 12.4. The molecule has 3 rings (SSSR count). The van der Waals surface area contributed by atoms with E-state index in [-0.39, 0.29) is 17.9 Å². The lowest BCUT2D eigenvalue weighted by Gasteiger charge is -2.16. The number of ether oxygens (including phenoxy) is 1. The van der Waals surface area contributed by atoms with Gasteiger partial charge < -0.3 is 15.4 Å². The molecule has 2 atom stereocenters. The van der Waals surface area contributed by atoms with E-state index in [1.165, 1.54) is 0 Å². The molecule has 2 fully saturated rings. The minimum Gasteiger partial charge on any atom is -0.376 e. The minimum atomic E-state index is -1.05. The number of benzene rings is 1. The molecule has 2 aliphatic rings. The largest absolute Gasteiger partial charge is 0.376 e. The highest BCUT2D eigenvalue weighted by Gasteiger charge is 2.67. The number of halogens is 2. The van der Waals surface area contributed by atoms with Crippen LogP contribution in [0.2, 0.25) is 0 Å². The molecule has 1 aliphatic heterocycles. The topological polar surface area (TPSA) is 67.4 Å². The second kappa shape index (κ2) is 6.54. The summed E-state index contributed by atoms with van der Waals surface area (Å²) >= 11 is 12.1. The van der Waals surface area contributed by atoms with Crippen molar-refractivity contribution in [2.75, 3.05) is 18.5 Å². The van der Waals surface area contributed by atoms with Crippen LogP contribution in [0, 0.1) is 5.41 Å². The molecule has 7 heteroatoms. The van der Waals surface area contributed by atoms with Crippen molar-refractivity contribution in [2.24, 2.45) is 5.41 Å². The fourth-order valence-corrected chi connectivity index (χ4v) is 3.51. The molecular formula is C17H20Cl2N2O3. The van der Waals surface area contributed by atoms with E-state index in [4.69, 9.17) is 27.9 Å². The van der Waals surface area contributed by atoms with Crippen LogP contribution in [0.25, 0.3) is 0 Å². The molecule has 1 aromatic carbocycles. The molecule has 0 radical (unpaired) electrons. The summed E-state index contributed by atoms with van der Waals surface area (Å²) in [6, 6.07) is 6.87. The Hall–Kier alpha value is -1.30. The number of carbonyl (C=O) groups is 2. The molecule has 130 valence electrons. The van der Waals surface area contributed by atoms with Gasteiger partial charge in [-0.1, -0.05) is 12.1 Å². The summed E-state index contributed by atoms with van der Waals surface area (Å²) in [4.78, 5) is 24.8. The monoisotopic (exact) mass is 370 g/mol. The number of hydrogen-bond donors (Lipinski definition) is 2. The van der Waals surface area contributed by atoms with Crippen molar-refractivity contribution in [1.82, 2.24) is 5.32 Å². The van der Waals surface area contributed by atoms with Gasteiger partial charge in [0.05, 0.1) is 22.8 Å². The quantitative estimate of drug-likeness (QED) is 0.782. The molecule has 1 aliphatic carbocycles. The molecule has 0 aromatic heterocycles. The average Bonchev–Trinajstić information content (AvgIpc) is 2.93. The number of rotatable bonds is 5. The Balaban J connectivity index is 1.66. The summed E-state index contributed by atoms with van der Waals surface area (Å²) in [6.45, 7) is 2.91. The van der Waals surface area contributed by atoms with E-state index >= 15 is 0 Å². The second-order valence-corrected chi connectivity index (χ2v) is 8.04. The zero-order chi connectivity index (χ0) is 17.4. The number of nitrogens with one attached hydrogen (secondary N) is 2. The molecular weight excluding hydrogens is 351 g/mol. The van der Waals surface area contributed by atoms with Gasteiger partial charge in [-0.15, -0.1) is 23.2 Å². The Labute approximate surface area is 151 Å². The molecule has 0 spiro atoms. The summed E-state index contributed by atoms with van der Waals surface area (Å²) in [5.41, 5.74) is 0.0182. The van der Waals surface area contributed by atoms with Crippen LogP contribution < -0.4 is 10.6 Å². The minimum absolute atomic E-state index is 0.0641. The van der Waals surface area contributed by atoms with Gasteiger partial charge >= 0.3 is 0 Å². The standard InChI is InChI=1S/C17H20Cl2N2O3/c1-16(10-17(16,18)19)15(23)21-13-7-3-2-6-12(13)14(22)20-9-11-5-4-8-24-11/h2-3,6-7,11H,4-5,8-10H2,1H3,(H,20,22)(H,21,23)/t11-,16-/m1/s1. The molecule has 2 N–H and O–H groups in total. The van der Waals surface area contributed by atoms with E-state index in [9.17, 15) is 9.59 Å². The molecule has 24 heavy (non-hydrogen) atoms. The van der Waals surface area contributed by atoms with Crippen LogP contribution >= 0.6 is 23.2 Å². The average molecular weight is 371 g/mol. The van der Waals surface area contributed by atoms with Crippen molar-refractivity contribution in [3.63, 3.8) is 0 Å². The van der Waals surface area contributed by atoms with Crippen molar-refractivity contribution in [1.29, 1.82) is 0 Å². The highest BCUT2D eigenvalue weighted by atomic mass is 35.5. The number of anilines is 1. The van der Waals surface area contributed by atoms with E-state index < -0.39 is 9.75 Å². The van der Waals surface area contributed by atoms with Crippen LogP contribution in [0.1, 0.15) is 36.5 Å². The Kier molecular flexibility index (Phi) is 4.78. The molecule has 1 aromatic rings. The zero-order valence-electron chi connectivity index (χ0n) is 13.4. The third kappa shape index (κ3) is 3.39. The lowest BCUT2D eigenvalue weighted by molar-refractivity contribution is -0.120. The Morgan fingerprint density at radius 1 is 1.33 bits per heavy atom. The first-order valence-electron chi connectivity index (χ1n) is 8.02. The van der Waals surface area contributed by atoms with Gasteiger partial charge in [0, 0.05) is 13.2 Å². The zero-order valence-corrected chi connectivity index (χ0v) is 14.9. The van der Waals surface area contributed by atoms with Gasteiger partial charge in [0.25, 0.3) is 5.91 Å². The predicted molar refractivity (Wildman–Crippen MR) is 93.5 cm³/mol. The Morgan fingerprint density at radius 2 is 2.04 bits per heavy atom. The van der Waals surface area contributed by atoms with E-state index in [1.54, 1.807) is 31.2 Å². The fourth-order valence-electron chi connectivity index (χ4n) is 2.80. The van der Waals surface area contributed by atoms with Gasteiger partial charge in [-0.3, -0.25) is 9.59 Å². The van der Waals surface area contributed by atoms with Crippen LogP contribution in [-0.4, -0.2) is 35.4 Å². The fraction of sp³-hybridized carbons (Fsp3) is 0.529. The molecule has 2 amide bonds. The summed E-state index contributed by atoms with van der Waals surface area (Å²) in [6.07, 6.45) is 2.42. The second-order valence-electron chi connectivity index (χ2n) is 6.56. The number of alkyl halides is 2. The summed E-state index contributed by atoms with van der Waals surface area (Å²) < 4.78 is 4.45. The van der Waals surface area contributed by atoms with Crippen LogP contribution in [0.5, 0.6) is 0 Å². The molecule has 1 saturated heterocycles. The molecule has 1 saturated carbocycles. The van der Waals surface area contributed by atoms with Crippen molar-refractivity contribution in [2.45, 2.75) is 36.6 Å². The van der Waals surface area contributed by atoms with Crippen LogP contribution in [0.15, 0.2) is 24.3 Å². The van der Waals surface area contributed by atoms with Crippen LogP contribution in [0.3, 0.4) is 0 Å². The lowest BCUT2D eigenvalue weighted by atomic mass is 10.1.